The lowest BCUT2D eigenvalue weighted by atomic mass is 9.99. The number of aryl methyl sites for hydroxylation is 1. The van der Waals surface area contributed by atoms with Gasteiger partial charge >= 0.3 is 11.9 Å². The number of amides is 1. The number of carbonyl (C=O) groups is 3. The molecule has 1 aromatic heterocycles. The van der Waals surface area contributed by atoms with E-state index in [9.17, 15) is 19.2 Å². The minimum absolute atomic E-state index is 0.136. The molecule has 9 nitrogen and oxygen atoms in total. The molecule has 0 aliphatic carbocycles. The summed E-state index contributed by atoms with van der Waals surface area (Å²) in [5, 5.41) is 7.66. The standard InChI is InChI=1S/C20H25N3O6/c1-5-12(2)18(20(27)28-4)21-16(24)11-29-17(25)10-15-13-8-6-7-9-14(13)19(26)23(3)22-15/h6-9,12,18H,5,10-11H2,1-4H3,(H,21,24)/t12-,18-/m0/s1. The SMILES string of the molecule is CC[C@H](C)[C@H](NC(=O)COC(=O)Cc1nn(C)c(=O)c2ccccc12)C(=O)OC. The Balaban J connectivity index is 2.02. The zero-order valence-corrected chi connectivity index (χ0v) is 16.9. The Labute approximate surface area is 168 Å². The lowest BCUT2D eigenvalue weighted by Gasteiger charge is -2.21. The van der Waals surface area contributed by atoms with Crippen molar-refractivity contribution in [3.05, 3.63) is 40.3 Å². The molecule has 2 rings (SSSR count). The van der Waals surface area contributed by atoms with Crippen LogP contribution in [0.15, 0.2) is 29.1 Å². The van der Waals surface area contributed by atoms with E-state index in [1.54, 1.807) is 24.3 Å². The molecule has 0 saturated carbocycles. The van der Waals surface area contributed by atoms with E-state index in [-0.39, 0.29) is 17.9 Å². The smallest absolute Gasteiger partial charge is 0.328 e. The molecule has 1 aromatic carbocycles. The van der Waals surface area contributed by atoms with Crippen LogP contribution in [-0.2, 0) is 37.3 Å². The van der Waals surface area contributed by atoms with Gasteiger partial charge < -0.3 is 14.8 Å². The van der Waals surface area contributed by atoms with Gasteiger partial charge in [0.25, 0.3) is 11.5 Å². The molecule has 0 aliphatic rings. The number of benzene rings is 1. The Hall–Kier alpha value is -3.23. The van der Waals surface area contributed by atoms with E-state index in [0.717, 1.165) is 4.68 Å². The van der Waals surface area contributed by atoms with Crippen molar-refractivity contribution in [1.82, 2.24) is 15.1 Å². The number of esters is 2. The monoisotopic (exact) mass is 403 g/mol. The van der Waals surface area contributed by atoms with Gasteiger partial charge in [0.05, 0.1) is 24.6 Å². The van der Waals surface area contributed by atoms with Gasteiger partial charge in [0.2, 0.25) is 0 Å². The maximum Gasteiger partial charge on any atom is 0.328 e. The molecule has 0 unspecified atom stereocenters. The van der Waals surface area contributed by atoms with Crippen molar-refractivity contribution < 1.29 is 23.9 Å². The number of carbonyl (C=O) groups excluding carboxylic acids is 3. The van der Waals surface area contributed by atoms with Crippen LogP contribution in [0.2, 0.25) is 0 Å². The zero-order chi connectivity index (χ0) is 21.6. The molecule has 0 bridgehead atoms. The first-order chi connectivity index (χ1) is 13.8. The number of rotatable bonds is 8. The summed E-state index contributed by atoms with van der Waals surface area (Å²) >= 11 is 0. The van der Waals surface area contributed by atoms with Crippen molar-refractivity contribution in [2.75, 3.05) is 13.7 Å². The van der Waals surface area contributed by atoms with Crippen LogP contribution in [0.1, 0.15) is 26.0 Å². The molecule has 156 valence electrons. The van der Waals surface area contributed by atoms with Crippen LogP contribution in [0.3, 0.4) is 0 Å². The summed E-state index contributed by atoms with van der Waals surface area (Å²) in [4.78, 5) is 48.3. The second kappa shape index (κ2) is 9.81. The van der Waals surface area contributed by atoms with Gasteiger partial charge in [-0.1, -0.05) is 38.5 Å². The number of aromatic nitrogens is 2. The summed E-state index contributed by atoms with van der Waals surface area (Å²) in [7, 11) is 2.74. The van der Waals surface area contributed by atoms with E-state index in [4.69, 9.17) is 9.47 Å². The third-order valence-electron chi connectivity index (χ3n) is 4.69. The van der Waals surface area contributed by atoms with Gasteiger partial charge in [-0.25, -0.2) is 9.48 Å². The van der Waals surface area contributed by atoms with Gasteiger partial charge in [-0.05, 0) is 12.0 Å². The summed E-state index contributed by atoms with van der Waals surface area (Å²) < 4.78 is 10.9. The molecule has 0 spiro atoms. The quantitative estimate of drug-likeness (QED) is 0.646. The molecular formula is C20H25N3O6. The summed E-state index contributed by atoms with van der Waals surface area (Å²) in [5.41, 5.74) is 0.108. The number of nitrogens with zero attached hydrogens (tertiary/aromatic N) is 2. The Bertz CT molecular complexity index is 968. The Kier molecular flexibility index (Phi) is 7.46. The van der Waals surface area contributed by atoms with Crippen LogP contribution < -0.4 is 10.9 Å². The Morgan fingerprint density at radius 1 is 1.21 bits per heavy atom. The van der Waals surface area contributed by atoms with E-state index in [0.29, 0.717) is 22.9 Å². The average Bonchev–Trinajstić information content (AvgIpc) is 2.73. The van der Waals surface area contributed by atoms with Gasteiger partial charge in [-0.15, -0.1) is 0 Å². The highest BCUT2D eigenvalue weighted by Gasteiger charge is 2.27. The van der Waals surface area contributed by atoms with Crippen molar-refractivity contribution in [3.63, 3.8) is 0 Å². The molecule has 2 aromatic rings. The minimum Gasteiger partial charge on any atom is -0.467 e. The van der Waals surface area contributed by atoms with Crippen molar-refractivity contribution in [2.45, 2.75) is 32.7 Å². The molecule has 1 amide bonds. The maximum atomic E-state index is 12.2. The van der Waals surface area contributed by atoms with Crippen molar-refractivity contribution >= 4 is 28.6 Å². The summed E-state index contributed by atoms with van der Waals surface area (Å²) in [6, 6.07) is 6.01. The Morgan fingerprint density at radius 2 is 1.86 bits per heavy atom. The van der Waals surface area contributed by atoms with Crippen LogP contribution in [0.4, 0.5) is 0 Å². The van der Waals surface area contributed by atoms with E-state index >= 15 is 0 Å². The first-order valence-corrected chi connectivity index (χ1v) is 9.26. The predicted molar refractivity (Wildman–Crippen MR) is 105 cm³/mol. The van der Waals surface area contributed by atoms with E-state index in [2.05, 4.69) is 10.4 Å². The third kappa shape index (κ3) is 5.40. The fraction of sp³-hybridized carbons (Fsp3) is 0.450. The predicted octanol–water partition coefficient (Wildman–Crippen LogP) is 0.723. The molecule has 1 heterocycles. The number of nitrogens with one attached hydrogen (secondary N) is 1. The topological polar surface area (TPSA) is 117 Å². The van der Waals surface area contributed by atoms with E-state index in [1.165, 1.54) is 14.2 Å². The van der Waals surface area contributed by atoms with Gasteiger partial charge in [0.15, 0.2) is 6.61 Å². The highest BCUT2D eigenvalue weighted by atomic mass is 16.5. The van der Waals surface area contributed by atoms with E-state index in [1.807, 2.05) is 13.8 Å². The summed E-state index contributed by atoms with van der Waals surface area (Å²) in [5.74, 6) is -1.97. The highest BCUT2D eigenvalue weighted by Crippen LogP contribution is 2.14. The number of hydrogen-bond donors (Lipinski definition) is 1. The van der Waals surface area contributed by atoms with Crippen LogP contribution in [0.25, 0.3) is 10.8 Å². The molecule has 0 aliphatic heterocycles. The molecule has 0 fully saturated rings. The van der Waals surface area contributed by atoms with Crippen molar-refractivity contribution in [2.24, 2.45) is 13.0 Å². The second-order valence-electron chi connectivity index (χ2n) is 6.71. The molecule has 1 N–H and O–H groups in total. The van der Waals surface area contributed by atoms with Crippen molar-refractivity contribution in [3.8, 4) is 0 Å². The molecule has 0 radical (unpaired) electrons. The molecule has 2 atom stereocenters. The van der Waals surface area contributed by atoms with Gasteiger partial charge in [-0.2, -0.15) is 5.10 Å². The number of hydrogen-bond acceptors (Lipinski definition) is 7. The average molecular weight is 403 g/mol. The Morgan fingerprint density at radius 3 is 2.48 bits per heavy atom. The zero-order valence-electron chi connectivity index (χ0n) is 16.9. The van der Waals surface area contributed by atoms with Crippen LogP contribution >= 0.6 is 0 Å². The first-order valence-electron chi connectivity index (χ1n) is 9.26. The minimum atomic E-state index is -0.814. The lowest BCUT2D eigenvalue weighted by molar-refractivity contribution is -0.150. The molecular weight excluding hydrogens is 378 g/mol. The van der Waals surface area contributed by atoms with Crippen LogP contribution in [0.5, 0.6) is 0 Å². The molecule has 9 heteroatoms. The maximum absolute atomic E-state index is 12.2. The summed E-state index contributed by atoms with van der Waals surface area (Å²) in [6.07, 6.45) is 0.457. The highest BCUT2D eigenvalue weighted by molar-refractivity contribution is 5.89. The fourth-order valence-corrected chi connectivity index (χ4v) is 2.85. The van der Waals surface area contributed by atoms with Gasteiger partial charge in [0.1, 0.15) is 6.04 Å². The largest absolute Gasteiger partial charge is 0.467 e. The normalized spacial score (nSPS) is 12.8. The lowest BCUT2D eigenvalue weighted by Crippen LogP contribution is -2.47. The molecule has 0 saturated heterocycles. The van der Waals surface area contributed by atoms with Crippen LogP contribution in [-0.4, -0.2) is 47.4 Å². The van der Waals surface area contributed by atoms with E-state index < -0.39 is 30.5 Å². The fourth-order valence-electron chi connectivity index (χ4n) is 2.85. The molecule has 29 heavy (non-hydrogen) atoms. The van der Waals surface area contributed by atoms with Crippen LogP contribution in [0, 0.1) is 5.92 Å². The first kappa shape index (κ1) is 22.1. The van der Waals surface area contributed by atoms with Gasteiger partial charge in [-0.3, -0.25) is 14.4 Å². The van der Waals surface area contributed by atoms with Crippen molar-refractivity contribution in [1.29, 1.82) is 0 Å². The third-order valence-corrected chi connectivity index (χ3v) is 4.69. The number of methoxy groups -OCH3 is 1. The number of fused-ring (bicyclic) bond motifs is 1. The number of ether oxygens (including phenoxy) is 2. The van der Waals surface area contributed by atoms with Gasteiger partial charge in [0, 0.05) is 12.4 Å². The summed E-state index contributed by atoms with van der Waals surface area (Å²) in [6.45, 7) is 3.16. The second-order valence-corrected chi connectivity index (χ2v) is 6.71.